The van der Waals surface area contributed by atoms with Crippen LogP contribution in [0.1, 0.15) is 14.3 Å². The second-order valence-corrected chi connectivity index (χ2v) is 4.32. The van der Waals surface area contributed by atoms with E-state index in [1.807, 2.05) is 0 Å². The quantitative estimate of drug-likeness (QED) is 0.460. The van der Waals surface area contributed by atoms with Gasteiger partial charge in [0.1, 0.15) is 0 Å². The third kappa shape index (κ3) is 1.55. The Labute approximate surface area is 50.8 Å². The van der Waals surface area contributed by atoms with Crippen LogP contribution >= 0.6 is 0 Å². The van der Waals surface area contributed by atoms with E-state index in [4.69, 9.17) is 14.0 Å². The molecule has 3 nitrogen and oxygen atoms in total. The Morgan fingerprint density at radius 1 is 1.38 bits per heavy atom. The molecule has 0 aromatic heterocycles. The highest BCUT2D eigenvalue weighted by Gasteiger charge is 2.33. The van der Waals surface area contributed by atoms with Crippen molar-refractivity contribution in [2.24, 2.45) is 0 Å². The van der Waals surface area contributed by atoms with E-state index < -0.39 is 8.80 Å². The van der Waals surface area contributed by atoms with E-state index in [0.29, 0.717) is 12.7 Å². The minimum Gasteiger partial charge on any atom is -0.390 e. The van der Waals surface area contributed by atoms with Gasteiger partial charge in [-0.3, -0.25) is 0 Å². The van der Waals surface area contributed by atoms with Crippen LogP contribution in [0.4, 0.5) is 0 Å². The smallest absolute Gasteiger partial charge is 0.390 e. The summed E-state index contributed by atoms with van der Waals surface area (Å²) in [4.78, 5) is 17.7. The molecule has 1 heterocycles. The van der Waals surface area contributed by atoms with Crippen LogP contribution in [-0.4, -0.2) is 25.0 Å². The SMILES string of the molecule is O[Si]1(O)CCCCO1.[HH]. The highest BCUT2D eigenvalue weighted by atomic mass is 28.4. The summed E-state index contributed by atoms with van der Waals surface area (Å²) in [6, 6.07) is 0.479. The lowest BCUT2D eigenvalue weighted by molar-refractivity contribution is 0.126. The van der Waals surface area contributed by atoms with Crippen LogP contribution in [0.2, 0.25) is 6.04 Å². The molecule has 1 aliphatic rings. The van der Waals surface area contributed by atoms with Gasteiger partial charge in [0.2, 0.25) is 0 Å². The van der Waals surface area contributed by atoms with Gasteiger partial charge in [0.05, 0.1) is 0 Å². The van der Waals surface area contributed by atoms with Crippen molar-refractivity contribution < 1.29 is 15.4 Å². The number of rotatable bonds is 0. The van der Waals surface area contributed by atoms with Crippen LogP contribution in [-0.2, 0) is 4.43 Å². The first-order valence-electron chi connectivity index (χ1n) is 2.79. The average molecular weight is 136 g/mol. The summed E-state index contributed by atoms with van der Waals surface area (Å²) in [5, 5.41) is 0. The molecule has 0 atom stereocenters. The van der Waals surface area contributed by atoms with Crippen molar-refractivity contribution in [2.75, 3.05) is 6.61 Å². The maximum Gasteiger partial charge on any atom is 0.495 e. The second-order valence-electron chi connectivity index (χ2n) is 2.05. The second kappa shape index (κ2) is 2.14. The van der Waals surface area contributed by atoms with Crippen LogP contribution in [0, 0.1) is 0 Å². The molecule has 0 unspecified atom stereocenters. The molecule has 0 bridgehead atoms. The molecule has 1 saturated heterocycles. The minimum absolute atomic E-state index is 0. The van der Waals surface area contributed by atoms with Gasteiger partial charge in [-0.05, 0) is 12.8 Å². The molecule has 0 aliphatic carbocycles. The van der Waals surface area contributed by atoms with Crippen molar-refractivity contribution in [3.05, 3.63) is 0 Å². The van der Waals surface area contributed by atoms with Gasteiger partial charge in [-0.1, -0.05) is 0 Å². The van der Waals surface area contributed by atoms with Gasteiger partial charge in [0.25, 0.3) is 0 Å². The lowest BCUT2D eigenvalue weighted by Gasteiger charge is -2.21. The Kier molecular flexibility index (Phi) is 1.67. The van der Waals surface area contributed by atoms with Crippen LogP contribution < -0.4 is 0 Å². The van der Waals surface area contributed by atoms with E-state index in [9.17, 15) is 0 Å². The Morgan fingerprint density at radius 2 is 2.12 bits per heavy atom. The Hall–Kier alpha value is 0.0969. The molecule has 50 valence electrons. The highest BCUT2D eigenvalue weighted by Crippen LogP contribution is 2.15. The topological polar surface area (TPSA) is 49.7 Å². The third-order valence-corrected chi connectivity index (χ3v) is 2.90. The number of hydrogen-bond donors (Lipinski definition) is 2. The number of hydrogen-bond acceptors (Lipinski definition) is 3. The molecule has 2 N–H and O–H groups in total. The van der Waals surface area contributed by atoms with Crippen LogP contribution in [0.25, 0.3) is 0 Å². The van der Waals surface area contributed by atoms with Gasteiger partial charge >= 0.3 is 8.80 Å². The molecule has 4 heteroatoms. The molecular formula is C4H12O3Si. The monoisotopic (exact) mass is 136 g/mol. The lowest BCUT2D eigenvalue weighted by atomic mass is 10.4. The standard InChI is InChI=1S/C4H10O3Si.H2/c5-8(6)4-2-1-3-7-8;/h5-6H,1-4H2;1H. The van der Waals surface area contributed by atoms with E-state index in [0.717, 1.165) is 12.8 Å². The van der Waals surface area contributed by atoms with Crippen molar-refractivity contribution in [2.45, 2.75) is 18.9 Å². The zero-order valence-corrected chi connectivity index (χ0v) is 5.63. The molecular weight excluding hydrogens is 124 g/mol. The van der Waals surface area contributed by atoms with Crippen LogP contribution in [0.15, 0.2) is 0 Å². The fraction of sp³-hybridized carbons (Fsp3) is 1.00. The Balaban J connectivity index is 0.000000640. The molecule has 8 heavy (non-hydrogen) atoms. The van der Waals surface area contributed by atoms with Crippen molar-refractivity contribution in [1.82, 2.24) is 0 Å². The van der Waals surface area contributed by atoms with E-state index in [2.05, 4.69) is 0 Å². The van der Waals surface area contributed by atoms with Gasteiger partial charge in [-0.25, -0.2) is 0 Å². The molecule has 1 rings (SSSR count). The summed E-state index contributed by atoms with van der Waals surface area (Å²) in [5.41, 5.74) is 0. The van der Waals surface area contributed by atoms with Gasteiger partial charge in [0, 0.05) is 14.1 Å². The summed E-state index contributed by atoms with van der Waals surface area (Å²) < 4.78 is 4.72. The molecule has 0 aromatic rings. The van der Waals surface area contributed by atoms with E-state index in [1.54, 1.807) is 0 Å². The largest absolute Gasteiger partial charge is 0.495 e. The maximum absolute atomic E-state index is 8.85. The maximum atomic E-state index is 8.85. The summed E-state index contributed by atoms with van der Waals surface area (Å²) in [5.74, 6) is 0. The summed E-state index contributed by atoms with van der Waals surface area (Å²) >= 11 is 0. The average Bonchev–Trinajstić information content (AvgIpc) is 1.65. The molecule has 0 radical (unpaired) electrons. The van der Waals surface area contributed by atoms with E-state index in [-0.39, 0.29) is 1.43 Å². The van der Waals surface area contributed by atoms with Crippen molar-refractivity contribution in [3.63, 3.8) is 0 Å². The summed E-state index contributed by atoms with van der Waals surface area (Å²) in [6.07, 6.45) is 1.87. The van der Waals surface area contributed by atoms with Crippen LogP contribution in [0.5, 0.6) is 0 Å². The third-order valence-electron chi connectivity index (χ3n) is 1.23. The zero-order chi connectivity index (χ0) is 6.04. The van der Waals surface area contributed by atoms with Gasteiger partial charge in [-0.2, -0.15) is 0 Å². The lowest BCUT2D eigenvalue weighted by Crippen LogP contribution is -2.41. The van der Waals surface area contributed by atoms with Crippen molar-refractivity contribution in [3.8, 4) is 0 Å². The Morgan fingerprint density at radius 3 is 2.38 bits per heavy atom. The van der Waals surface area contributed by atoms with E-state index >= 15 is 0 Å². The minimum atomic E-state index is -3.09. The Bertz CT molecular complexity index is 79.9. The molecule has 1 fully saturated rings. The normalized spacial score (nSPS) is 27.8. The van der Waals surface area contributed by atoms with Crippen molar-refractivity contribution >= 4 is 8.80 Å². The van der Waals surface area contributed by atoms with Crippen LogP contribution in [0.3, 0.4) is 0 Å². The predicted molar refractivity (Wildman–Crippen MR) is 32.3 cm³/mol. The first-order valence-corrected chi connectivity index (χ1v) is 4.80. The van der Waals surface area contributed by atoms with Gasteiger partial charge in [-0.15, -0.1) is 0 Å². The molecule has 0 saturated carbocycles. The fourth-order valence-electron chi connectivity index (χ4n) is 0.765. The summed E-state index contributed by atoms with van der Waals surface area (Å²) in [6.45, 7) is 0.527. The first-order chi connectivity index (χ1) is 3.71. The summed E-state index contributed by atoms with van der Waals surface area (Å²) in [7, 11) is -3.09. The van der Waals surface area contributed by atoms with E-state index in [1.165, 1.54) is 0 Å². The highest BCUT2D eigenvalue weighted by molar-refractivity contribution is 6.57. The zero-order valence-electron chi connectivity index (χ0n) is 4.63. The van der Waals surface area contributed by atoms with Gasteiger partial charge < -0.3 is 14.0 Å². The molecule has 0 spiro atoms. The predicted octanol–water partition coefficient (Wildman–Crippen LogP) is -0.0337. The molecule has 0 amide bonds. The van der Waals surface area contributed by atoms with Crippen molar-refractivity contribution in [1.29, 1.82) is 0 Å². The fourth-order valence-corrected chi connectivity index (χ4v) is 2.09. The first kappa shape index (κ1) is 6.22. The molecule has 1 aliphatic heterocycles. The van der Waals surface area contributed by atoms with Gasteiger partial charge in [0.15, 0.2) is 0 Å². The molecule has 0 aromatic carbocycles.